The van der Waals surface area contributed by atoms with Crippen LogP contribution in [0, 0.1) is 0 Å². The van der Waals surface area contributed by atoms with Crippen molar-refractivity contribution in [3.8, 4) is 11.4 Å². The van der Waals surface area contributed by atoms with Crippen molar-refractivity contribution in [1.82, 2.24) is 25.3 Å². The zero-order valence-electron chi connectivity index (χ0n) is 13.4. The highest BCUT2D eigenvalue weighted by atomic mass is 79.9. The Bertz CT molecular complexity index is 932. The van der Waals surface area contributed by atoms with Crippen molar-refractivity contribution in [3.05, 3.63) is 68.3 Å². The maximum atomic E-state index is 12.6. The molecule has 0 saturated carbocycles. The number of carbonyl (C=O) groups excluding carboxylic acids is 1. The van der Waals surface area contributed by atoms with Crippen LogP contribution in [0.25, 0.3) is 11.4 Å². The molecule has 0 saturated heterocycles. The summed E-state index contributed by atoms with van der Waals surface area (Å²) in [5.74, 6) is -0.224. The van der Waals surface area contributed by atoms with Crippen molar-refractivity contribution in [1.29, 1.82) is 0 Å². The summed E-state index contributed by atoms with van der Waals surface area (Å²) in [6, 6.07) is 4.96. The van der Waals surface area contributed by atoms with Crippen LogP contribution in [0.2, 0.25) is 5.15 Å². The molecule has 1 atom stereocenters. The summed E-state index contributed by atoms with van der Waals surface area (Å²) in [7, 11) is 0. The number of nitrogens with zero attached hydrogens (tertiary/aromatic N) is 4. The Labute approximate surface area is 171 Å². The van der Waals surface area contributed by atoms with E-state index in [2.05, 4.69) is 57.1 Å². The fraction of sp³-hybridized carbons (Fsp3) is 0.118. The molecule has 2 heterocycles. The lowest BCUT2D eigenvalue weighted by Crippen LogP contribution is -2.28. The van der Waals surface area contributed by atoms with Gasteiger partial charge in [-0.05, 0) is 25.1 Å². The van der Waals surface area contributed by atoms with E-state index in [0.717, 1.165) is 8.95 Å². The van der Waals surface area contributed by atoms with Crippen molar-refractivity contribution in [3.63, 3.8) is 0 Å². The van der Waals surface area contributed by atoms with E-state index in [4.69, 9.17) is 11.6 Å². The number of amides is 1. The van der Waals surface area contributed by atoms with E-state index in [0.29, 0.717) is 27.8 Å². The third kappa shape index (κ3) is 4.44. The third-order valence-corrected chi connectivity index (χ3v) is 4.58. The van der Waals surface area contributed by atoms with E-state index in [1.807, 2.05) is 13.0 Å². The molecule has 1 amide bonds. The summed E-state index contributed by atoms with van der Waals surface area (Å²) in [6.45, 7) is 1.84. The number of hydrogen-bond donors (Lipinski definition) is 1. The molecule has 26 heavy (non-hydrogen) atoms. The monoisotopic (exact) mass is 495 g/mol. The fourth-order valence-electron chi connectivity index (χ4n) is 2.33. The minimum atomic E-state index is -0.388. The van der Waals surface area contributed by atoms with Gasteiger partial charge in [-0.3, -0.25) is 14.8 Å². The van der Waals surface area contributed by atoms with Gasteiger partial charge in [0, 0.05) is 26.9 Å². The maximum Gasteiger partial charge on any atom is 0.251 e. The molecule has 0 spiro atoms. The van der Waals surface area contributed by atoms with Crippen LogP contribution in [0.15, 0.2) is 51.9 Å². The van der Waals surface area contributed by atoms with Crippen LogP contribution in [-0.4, -0.2) is 25.8 Å². The van der Waals surface area contributed by atoms with Crippen LogP contribution < -0.4 is 5.32 Å². The number of nitrogens with one attached hydrogen (secondary N) is 1. The molecule has 0 radical (unpaired) electrons. The van der Waals surface area contributed by atoms with Crippen molar-refractivity contribution < 1.29 is 4.79 Å². The van der Waals surface area contributed by atoms with Crippen molar-refractivity contribution in [2.75, 3.05) is 0 Å². The Balaban J connectivity index is 1.87. The Morgan fingerprint density at radius 1 is 1.04 bits per heavy atom. The van der Waals surface area contributed by atoms with Gasteiger partial charge < -0.3 is 5.32 Å². The predicted octanol–water partition coefficient (Wildman–Crippen LogP) is 4.60. The maximum absolute atomic E-state index is 12.6. The van der Waals surface area contributed by atoms with Crippen molar-refractivity contribution in [2.45, 2.75) is 13.0 Å². The average Bonchev–Trinajstić information content (AvgIpc) is 2.61. The first-order valence-corrected chi connectivity index (χ1v) is 9.46. The van der Waals surface area contributed by atoms with E-state index < -0.39 is 0 Å². The molecular weight excluding hydrogens is 485 g/mol. The quantitative estimate of drug-likeness (QED) is 0.570. The number of hydrogen-bond acceptors (Lipinski definition) is 5. The summed E-state index contributed by atoms with van der Waals surface area (Å²) in [4.78, 5) is 29.5. The molecule has 0 bridgehead atoms. The zero-order chi connectivity index (χ0) is 18.7. The van der Waals surface area contributed by atoms with Gasteiger partial charge in [0.15, 0.2) is 0 Å². The highest BCUT2D eigenvalue weighted by Gasteiger charge is 2.19. The number of benzene rings is 1. The van der Waals surface area contributed by atoms with Crippen LogP contribution in [0.1, 0.15) is 29.0 Å². The molecule has 0 aliphatic heterocycles. The SMILES string of the molecule is CC(NC(=O)c1cc(Br)cc(Br)c1)c1nccnc1-c1cnc(Cl)cn1. The Kier molecular flexibility index (Phi) is 5.95. The molecule has 3 rings (SSSR count). The second kappa shape index (κ2) is 8.20. The Morgan fingerprint density at radius 3 is 2.38 bits per heavy atom. The van der Waals surface area contributed by atoms with Crippen LogP contribution >= 0.6 is 43.5 Å². The van der Waals surface area contributed by atoms with Crippen LogP contribution in [0.4, 0.5) is 0 Å². The summed E-state index contributed by atoms with van der Waals surface area (Å²) in [6.07, 6.45) is 6.10. The molecule has 1 aromatic carbocycles. The first-order chi connectivity index (χ1) is 12.4. The first kappa shape index (κ1) is 18.9. The molecule has 0 aliphatic rings. The smallest absolute Gasteiger partial charge is 0.251 e. The van der Waals surface area contributed by atoms with Gasteiger partial charge in [-0.2, -0.15) is 0 Å². The van der Waals surface area contributed by atoms with E-state index in [9.17, 15) is 4.79 Å². The molecule has 3 aromatic rings. The zero-order valence-corrected chi connectivity index (χ0v) is 17.4. The normalized spacial score (nSPS) is 11.8. The van der Waals surface area contributed by atoms with E-state index in [-0.39, 0.29) is 11.9 Å². The lowest BCUT2D eigenvalue weighted by molar-refractivity contribution is 0.0939. The number of aromatic nitrogens is 4. The molecule has 6 nitrogen and oxygen atoms in total. The fourth-order valence-corrected chi connectivity index (χ4v) is 3.72. The lowest BCUT2D eigenvalue weighted by atomic mass is 10.1. The molecule has 2 aromatic heterocycles. The highest BCUT2D eigenvalue weighted by Crippen LogP contribution is 2.24. The van der Waals surface area contributed by atoms with Crippen LogP contribution in [-0.2, 0) is 0 Å². The molecule has 0 aliphatic carbocycles. The van der Waals surface area contributed by atoms with Gasteiger partial charge in [-0.15, -0.1) is 0 Å². The van der Waals surface area contributed by atoms with Gasteiger partial charge in [0.05, 0.1) is 24.1 Å². The largest absolute Gasteiger partial charge is 0.344 e. The second-order valence-electron chi connectivity index (χ2n) is 5.37. The predicted molar refractivity (Wildman–Crippen MR) is 106 cm³/mol. The average molecular weight is 498 g/mol. The van der Waals surface area contributed by atoms with Crippen molar-refractivity contribution >= 4 is 49.4 Å². The second-order valence-corrected chi connectivity index (χ2v) is 7.59. The van der Waals surface area contributed by atoms with Crippen molar-refractivity contribution in [2.24, 2.45) is 0 Å². The van der Waals surface area contributed by atoms with E-state index in [1.54, 1.807) is 24.5 Å². The molecule has 1 unspecified atom stereocenters. The Hall–Kier alpha value is -1.90. The molecule has 0 fully saturated rings. The summed E-state index contributed by atoms with van der Waals surface area (Å²) in [5, 5.41) is 3.22. The van der Waals surface area contributed by atoms with E-state index in [1.165, 1.54) is 12.4 Å². The van der Waals surface area contributed by atoms with Gasteiger partial charge >= 0.3 is 0 Å². The lowest BCUT2D eigenvalue weighted by Gasteiger charge is -2.16. The third-order valence-electron chi connectivity index (χ3n) is 3.47. The standard InChI is InChI=1S/C17H12Br2ClN5O/c1-9(25-17(26)10-4-11(18)6-12(19)5-10)15-16(22-3-2-21-15)13-7-24-14(20)8-23-13/h2-9H,1H3,(H,25,26). The summed E-state index contributed by atoms with van der Waals surface area (Å²) < 4.78 is 1.61. The van der Waals surface area contributed by atoms with Gasteiger partial charge in [0.1, 0.15) is 16.5 Å². The van der Waals surface area contributed by atoms with E-state index >= 15 is 0 Å². The Morgan fingerprint density at radius 2 is 1.73 bits per heavy atom. The first-order valence-electron chi connectivity index (χ1n) is 7.50. The summed E-state index contributed by atoms with van der Waals surface area (Å²) in [5.41, 5.74) is 2.19. The molecule has 1 N–H and O–H groups in total. The molecule has 132 valence electrons. The minimum Gasteiger partial charge on any atom is -0.344 e. The topological polar surface area (TPSA) is 80.7 Å². The highest BCUT2D eigenvalue weighted by molar-refractivity contribution is 9.11. The van der Waals surface area contributed by atoms with Crippen LogP contribution in [0.3, 0.4) is 0 Å². The van der Waals surface area contributed by atoms with Gasteiger partial charge in [-0.1, -0.05) is 43.5 Å². The number of carbonyl (C=O) groups is 1. The van der Waals surface area contributed by atoms with Gasteiger partial charge in [0.25, 0.3) is 5.91 Å². The molecule has 9 heteroatoms. The number of halogens is 3. The van der Waals surface area contributed by atoms with Crippen LogP contribution in [0.5, 0.6) is 0 Å². The number of rotatable bonds is 4. The summed E-state index contributed by atoms with van der Waals surface area (Å²) >= 11 is 12.6. The van der Waals surface area contributed by atoms with Gasteiger partial charge in [0.2, 0.25) is 0 Å². The van der Waals surface area contributed by atoms with Gasteiger partial charge in [-0.25, -0.2) is 9.97 Å². The molecular formula is C17H12Br2ClN5O. The minimum absolute atomic E-state index is 0.224.